The predicted molar refractivity (Wildman–Crippen MR) is 79.9 cm³/mol. The average Bonchev–Trinajstić information content (AvgIpc) is 2.35. The highest BCUT2D eigenvalue weighted by Crippen LogP contribution is 2.27. The lowest BCUT2D eigenvalue weighted by molar-refractivity contribution is -0.128. The summed E-state index contributed by atoms with van der Waals surface area (Å²) in [6.07, 6.45) is 2.14. The van der Waals surface area contributed by atoms with E-state index in [9.17, 15) is 4.79 Å². The first-order valence-corrected chi connectivity index (χ1v) is 7.13. The van der Waals surface area contributed by atoms with Crippen LogP contribution in [0.25, 0.3) is 0 Å². The van der Waals surface area contributed by atoms with Gasteiger partial charge >= 0.3 is 0 Å². The van der Waals surface area contributed by atoms with Crippen LogP contribution in [0.2, 0.25) is 0 Å². The number of benzene rings is 1. The molecule has 0 aliphatic carbocycles. The summed E-state index contributed by atoms with van der Waals surface area (Å²) >= 11 is 2.26. The second kappa shape index (κ2) is 6.50. The van der Waals surface area contributed by atoms with Crippen molar-refractivity contribution in [2.75, 3.05) is 6.54 Å². The Bertz CT molecular complexity index is 360. The molecule has 3 heteroatoms. The Hall–Kier alpha value is -0.420. The number of nitrogens with two attached hydrogens (primary N) is 1. The number of carbonyl (C=O) groups excluding carboxylic acids is 1. The van der Waals surface area contributed by atoms with Crippen molar-refractivity contribution in [3.63, 3.8) is 0 Å². The smallest absolute Gasteiger partial charge is 0.144 e. The first-order chi connectivity index (χ1) is 8.07. The van der Waals surface area contributed by atoms with Crippen LogP contribution in [0.5, 0.6) is 0 Å². The molecule has 1 rings (SSSR count). The van der Waals surface area contributed by atoms with Gasteiger partial charge in [0, 0.05) is 22.0 Å². The molecule has 0 saturated carbocycles. The van der Waals surface area contributed by atoms with Gasteiger partial charge in [-0.3, -0.25) is 4.79 Å². The molecule has 2 N–H and O–H groups in total. The molecule has 0 amide bonds. The van der Waals surface area contributed by atoms with Gasteiger partial charge in [-0.15, -0.1) is 0 Å². The fraction of sp³-hybridized carbons (Fsp3) is 0.500. The summed E-state index contributed by atoms with van der Waals surface area (Å²) in [6, 6.07) is 8.11. The number of Topliss-reactive ketones (excluding diaryl/α,β-unsaturated/α-hetero) is 1. The van der Waals surface area contributed by atoms with Gasteiger partial charge in [-0.25, -0.2) is 0 Å². The maximum atomic E-state index is 12.3. The van der Waals surface area contributed by atoms with E-state index >= 15 is 0 Å². The minimum absolute atomic E-state index is 0.270. The molecular weight excluding hydrogens is 325 g/mol. The molecule has 0 aliphatic rings. The van der Waals surface area contributed by atoms with Gasteiger partial charge in [0.25, 0.3) is 0 Å². The van der Waals surface area contributed by atoms with Gasteiger partial charge in [0.2, 0.25) is 0 Å². The zero-order valence-corrected chi connectivity index (χ0v) is 12.7. The highest BCUT2D eigenvalue weighted by molar-refractivity contribution is 14.1. The van der Waals surface area contributed by atoms with E-state index < -0.39 is 0 Å². The van der Waals surface area contributed by atoms with Crippen LogP contribution in [0.3, 0.4) is 0 Å². The van der Waals surface area contributed by atoms with Crippen molar-refractivity contribution in [2.45, 2.75) is 33.1 Å². The second-order valence-corrected chi connectivity index (χ2v) is 5.66. The summed E-state index contributed by atoms with van der Waals surface area (Å²) in [5, 5.41) is 0. The molecule has 0 aromatic heterocycles. The minimum atomic E-state index is -0.330. The Morgan fingerprint density at radius 2 is 1.76 bits per heavy atom. The molecule has 0 heterocycles. The van der Waals surface area contributed by atoms with Crippen LogP contribution in [0.15, 0.2) is 24.3 Å². The summed E-state index contributed by atoms with van der Waals surface area (Å²) in [4.78, 5) is 12.3. The first-order valence-electron chi connectivity index (χ1n) is 6.05. The fourth-order valence-corrected chi connectivity index (χ4v) is 2.38. The van der Waals surface area contributed by atoms with Gasteiger partial charge in [0.1, 0.15) is 5.78 Å². The van der Waals surface area contributed by atoms with E-state index in [2.05, 4.69) is 22.6 Å². The quantitative estimate of drug-likeness (QED) is 0.805. The normalized spacial score (nSPS) is 11.5. The Morgan fingerprint density at radius 3 is 2.18 bits per heavy atom. The van der Waals surface area contributed by atoms with Crippen molar-refractivity contribution in [1.29, 1.82) is 0 Å². The average molecular weight is 345 g/mol. The summed E-state index contributed by atoms with van der Waals surface area (Å²) < 4.78 is 1.19. The molecule has 0 unspecified atom stereocenters. The standard InChI is InChI=1S/C14H20INO/c1-3-14(4-2,10-16)13(17)9-11-5-7-12(15)8-6-11/h5-8H,3-4,9-10,16H2,1-2H3. The number of halogens is 1. The Balaban J connectivity index is 2.80. The molecule has 2 nitrogen and oxygen atoms in total. The van der Waals surface area contributed by atoms with Crippen LogP contribution >= 0.6 is 22.6 Å². The van der Waals surface area contributed by atoms with Crippen LogP contribution in [-0.4, -0.2) is 12.3 Å². The molecule has 0 saturated heterocycles. The van der Waals surface area contributed by atoms with E-state index in [1.54, 1.807) is 0 Å². The van der Waals surface area contributed by atoms with E-state index in [0.717, 1.165) is 18.4 Å². The van der Waals surface area contributed by atoms with E-state index in [0.29, 0.717) is 13.0 Å². The molecule has 0 atom stereocenters. The van der Waals surface area contributed by atoms with E-state index in [1.807, 2.05) is 38.1 Å². The van der Waals surface area contributed by atoms with Gasteiger partial charge in [0.05, 0.1) is 0 Å². The summed E-state index contributed by atoms with van der Waals surface area (Å²) in [7, 11) is 0. The van der Waals surface area contributed by atoms with Crippen LogP contribution < -0.4 is 5.73 Å². The van der Waals surface area contributed by atoms with Gasteiger partial charge in [-0.05, 0) is 53.1 Å². The van der Waals surface area contributed by atoms with E-state index in [-0.39, 0.29) is 11.2 Å². The summed E-state index contributed by atoms with van der Waals surface area (Å²) in [6.45, 7) is 4.54. The lowest BCUT2D eigenvalue weighted by atomic mass is 9.76. The number of carbonyl (C=O) groups is 1. The van der Waals surface area contributed by atoms with Gasteiger partial charge in [-0.1, -0.05) is 26.0 Å². The van der Waals surface area contributed by atoms with Crippen LogP contribution in [0.4, 0.5) is 0 Å². The number of hydrogen-bond acceptors (Lipinski definition) is 2. The Labute approximate surface area is 117 Å². The summed E-state index contributed by atoms with van der Waals surface area (Å²) in [5.41, 5.74) is 6.53. The molecule has 1 aromatic carbocycles. The highest BCUT2D eigenvalue weighted by Gasteiger charge is 2.32. The third-order valence-electron chi connectivity index (χ3n) is 3.61. The third-order valence-corrected chi connectivity index (χ3v) is 4.33. The lowest BCUT2D eigenvalue weighted by Crippen LogP contribution is -2.38. The minimum Gasteiger partial charge on any atom is -0.329 e. The number of rotatable bonds is 6. The van der Waals surface area contributed by atoms with Gasteiger partial charge < -0.3 is 5.73 Å². The van der Waals surface area contributed by atoms with Gasteiger partial charge in [0.15, 0.2) is 0 Å². The lowest BCUT2D eigenvalue weighted by Gasteiger charge is -2.28. The van der Waals surface area contributed by atoms with Crippen LogP contribution in [0.1, 0.15) is 32.3 Å². The Morgan fingerprint density at radius 1 is 1.24 bits per heavy atom. The molecule has 0 bridgehead atoms. The molecule has 1 aromatic rings. The SMILES string of the molecule is CCC(CC)(CN)C(=O)Cc1ccc(I)cc1. The monoisotopic (exact) mass is 345 g/mol. The van der Waals surface area contributed by atoms with Crippen molar-refractivity contribution < 1.29 is 4.79 Å². The van der Waals surface area contributed by atoms with Crippen molar-refractivity contribution in [1.82, 2.24) is 0 Å². The molecule has 0 radical (unpaired) electrons. The Kier molecular flexibility index (Phi) is 5.59. The van der Waals surface area contributed by atoms with Crippen molar-refractivity contribution in [3.05, 3.63) is 33.4 Å². The van der Waals surface area contributed by atoms with Crippen LogP contribution in [-0.2, 0) is 11.2 Å². The van der Waals surface area contributed by atoms with Crippen molar-refractivity contribution >= 4 is 28.4 Å². The van der Waals surface area contributed by atoms with E-state index in [1.165, 1.54) is 3.57 Å². The molecule has 0 fully saturated rings. The first kappa shape index (κ1) is 14.6. The zero-order chi connectivity index (χ0) is 12.9. The zero-order valence-electron chi connectivity index (χ0n) is 10.5. The van der Waals surface area contributed by atoms with Crippen molar-refractivity contribution in [2.24, 2.45) is 11.1 Å². The highest BCUT2D eigenvalue weighted by atomic mass is 127. The molecule has 0 aliphatic heterocycles. The largest absolute Gasteiger partial charge is 0.329 e. The predicted octanol–water partition coefficient (Wildman–Crippen LogP) is 3.17. The van der Waals surface area contributed by atoms with Crippen LogP contribution in [0, 0.1) is 8.99 Å². The molecular formula is C14H20INO. The maximum absolute atomic E-state index is 12.3. The number of hydrogen-bond donors (Lipinski definition) is 1. The third kappa shape index (κ3) is 3.52. The summed E-state index contributed by atoms with van der Waals surface area (Å²) in [5.74, 6) is 0.270. The van der Waals surface area contributed by atoms with Crippen molar-refractivity contribution in [3.8, 4) is 0 Å². The maximum Gasteiger partial charge on any atom is 0.144 e. The fourth-order valence-electron chi connectivity index (χ4n) is 2.02. The second-order valence-electron chi connectivity index (χ2n) is 4.42. The molecule has 17 heavy (non-hydrogen) atoms. The van der Waals surface area contributed by atoms with E-state index in [4.69, 9.17) is 5.73 Å². The van der Waals surface area contributed by atoms with Gasteiger partial charge in [-0.2, -0.15) is 0 Å². The molecule has 0 spiro atoms. The topological polar surface area (TPSA) is 43.1 Å². The number of ketones is 1. The molecule has 94 valence electrons.